The second-order valence-corrected chi connectivity index (χ2v) is 1.93. The molecule has 0 bridgehead atoms. The molecule has 3 heteroatoms. The number of rotatable bonds is 2. The van der Waals surface area contributed by atoms with Crippen LogP contribution in [0.3, 0.4) is 0 Å². The fourth-order valence-corrected chi connectivity index (χ4v) is 0.687. The summed E-state index contributed by atoms with van der Waals surface area (Å²) in [5, 5.41) is 0. The van der Waals surface area contributed by atoms with Crippen LogP contribution in [-0.4, -0.2) is 6.61 Å². The second-order valence-electron chi connectivity index (χ2n) is 1.93. The number of hydrogen-bond donors (Lipinski definition) is 0. The van der Waals surface area contributed by atoms with Gasteiger partial charge in [-0.3, -0.25) is 0 Å². The standard InChI is InChI=1S/C8H7F2O/c1-2-11-8-4-3-6(9)5-7(8)10/h3,5H,2H2,1H3. The van der Waals surface area contributed by atoms with Crippen molar-refractivity contribution in [3.05, 3.63) is 29.8 Å². The Labute approximate surface area is 63.6 Å². The van der Waals surface area contributed by atoms with Gasteiger partial charge in [-0.15, -0.1) is 0 Å². The van der Waals surface area contributed by atoms with Gasteiger partial charge in [0.15, 0.2) is 11.6 Å². The van der Waals surface area contributed by atoms with Crippen molar-refractivity contribution < 1.29 is 13.5 Å². The largest absolute Gasteiger partial charge is 0.490 e. The molecule has 0 heterocycles. The lowest BCUT2D eigenvalue weighted by Crippen LogP contribution is -1.94. The molecular weight excluding hydrogens is 150 g/mol. The van der Waals surface area contributed by atoms with E-state index < -0.39 is 11.6 Å². The van der Waals surface area contributed by atoms with E-state index in [0.717, 1.165) is 12.1 Å². The summed E-state index contributed by atoms with van der Waals surface area (Å²) < 4.78 is 29.7. The van der Waals surface area contributed by atoms with Gasteiger partial charge in [-0.2, -0.15) is 0 Å². The number of hydrogen-bond acceptors (Lipinski definition) is 1. The van der Waals surface area contributed by atoms with Gasteiger partial charge in [-0.1, -0.05) is 0 Å². The maximum atomic E-state index is 12.6. The van der Waals surface area contributed by atoms with Crippen molar-refractivity contribution in [3.63, 3.8) is 0 Å². The van der Waals surface area contributed by atoms with Crippen molar-refractivity contribution in [1.29, 1.82) is 0 Å². The first kappa shape index (κ1) is 7.98. The summed E-state index contributed by atoms with van der Waals surface area (Å²) in [6.45, 7) is 2.07. The third kappa shape index (κ3) is 1.90. The summed E-state index contributed by atoms with van der Waals surface area (Å²) in [5.74, 6) is -1.40. The van der Waals surface area contributed by atoms with E-state index in [2.05, 4.69) is 6.07 Å². The SMILES string of the molecule is CCOc1[c]cc(F)cc1F. The molecule has 0 amide bonds. The average Bonchev–Trinajstić information content (AvgIpc) is 1.95. The topological polar surface area (TPSA) is 9.23 Å². The van der Waals surface area contributed by atoms with Crippen LogP contribution >= 0.6 is 0 Å². The summed E-state index contributed by atoms with van der Waals surface area (Å²) in [5.41, 5.74) is 0. The second kappa shape index (κ2) is 3.32. The van der Waals surface area contributed by atoms with Crippen LogP contribution in [0, 0.1) is 17.7 Å². The molecule has 0 N–H and O–H groups in total. The number of ether oxygens (including phenoxy) is 1. The molecule has 1 aromatic carbocycles. The Morgan fingerprint density at radius 3 is 2.82 bits per heavy atom. The highest BCUT2D eigenvalue weighted by atomic mass is 19.1. The third-order valence-corrected chi connectivity index (χ3v) is 1.11. The molecule has 1 aromatic rings. The van der Waals surface area contributed by atoms with E-state index in [1.807, 2.05) is 0 Å². The van der Waals surface area contributed by atoms with Crippen LogP contribution in [-0.2, 0) is 0 Å². The minimum absolute atomic E-state index is 0.0334. The van der Waals surface area contributed by atoms with Crippen molar-refractivity contribution >= 4 is 0 Å². The van der Waals surface area contributed by atoms with E-state index in [1.54, 1.807) is 6.92 Å². The molecular formula is C8H7F2O. The predicted molar refractivity (Wildman–Crippen MR) is 36.4 cm³/mol. The van der Waals surface area contributed by atoms with Gasteiger partial charge in [-0.25, -0.2) is 8.78 Å². The van der Waals surface area contributed by atoms with E-state index in [1.165, 1.54) is 0 Å². The summed E-state index contributed by atoms with van der Waals surface area (Å²) in [6.07, 6.45) is 0. The summed E-state index contributed by atoms with van der Waals surface area (Å²) in [6, 6.07) is 4.13. The van der Waals surface area contributed by atoms with Gasteiger partial charge >= 0.3 is 0 Å². The van der Waals surface area contributed by atoms with Gasteiger partial charge in [0, 0.05) is 12.1 Å². The maximum absolute atomic E-state index is 12.6. The number of halogens is 2. The number of benzene rings is 1. The first-order valence-electron chi connectivity index (χ1n) is 3.23. The zero-order valence-electron chi connectivity index (χ0n) is 6.03. The maximum Gasteiger partial charge on any atom is 0.168 e. The Bertz CT molecular complexity index is 248. The first-order valence-corrected chi connectivity index (χ1v) is 3.23. The van der Waals surface area contributed by atoms with E-state index in [-0.39, 0.29) is 5.75 Å². The lowest BCUT2D eigenvalue weighted by atomic mass is 10.3. The fourth-order valence-electron chi connectivity index (χ4n) is 0.687. The highest BCUT2D eigenvalue weighted by Gasteiger charge is 2.03. The lowest BCUT2D eigenvalue weighted by Gasteiger charge is -2.02. The van der Waals surface area contributed by atoms with Gasteiger partial charge in [0.25, 0.3) is 0 Å². The molecule has 0 spiro atoms. The molecule has 0 aliphatic heterocycles. The quantitative estimate of drug-likeness (QED) is 0.639. The van der Waals surface area contributed by atoms with Gasteiger partial charge < -0.3 is 4.74 Å². The molecule has 1 rings (SSSR count). The monoisotopic (exact) mass is 157 g/mol. The zero-order chi connectivity index (χ0) is 8.27. The molecule has 0 saturated heterocycles. The van der Waals surface area contributed by atoms with Crippen LogP contribution in [0.25, 0.3) is 0 Å². The van der Waals surface area contributed by atoms with E-state index in [4.69, 9.17) is 4.74 Å². The highest BCUT2D eigenvalue weighted by Crippen LogP contribution is 2.16. The Balaban J connectivity index is 2.90. The van der Waals surface area contributed by atoms with Crippen LogP contribution in [0.2, 0.25) is 0 Å². The van der Waals surface area contributed by atoms with E-state index in [0.29, 0.717) is 6.61 Å². The average molecular weight is 157 g/mol. The molecule has 0 fully saturated rings. The molecule has 1 radical (unpaired) electrons. The fraction of sp³-hybridized carbons (Fsp3) is 0.250. The Kier molecular flexibility index (Phi) is 2.41. The van der Waals surface area contributed by atoms with Crippen LogP contribution in [0.1, 0.15) is 6.92 Å². The molecule has 0 aromatic heterocycles. The van der Waals surface area contributed by atoms with E-state index >= 15 is 0 Å². The van der Waals surface area contributed by atoms with Gasteiger partial charge in [0.1, 0.15) is 5.82 Å². The minimum atomic E-state index is -0.716. The molecule has 0 unspecified atom stereocenters. The molecule has 1 nitrogen and oxygen atoms in total. The third-order valence-electron chi connectivity index (χ3n) is 1.11. The molecule has 0 saturated carbocycles. The van der Waals surface area contributed by atoms with Crippen LogP contribution in [0.15, 0.2) is 12.1 Å². The van der Waals surface area contributed by atoms with Gasteiger partial charge in [0.05, 0.1) is 6.61 Å². The molecule has 0 atom stereocenters. The molecule has 11 heavy (non-hydrogen) atoms. The van der Waals surface area contributed by atoms with Crippen LogP contribution in [0.4, 0.5) is 8.78 Å². The Morgan fingerprint density at radius 2 is 2.27 bits per heavy atom. The summed E-state index contributed by atoms with van der Waals surface area (Å²) in [7, 11) is 0. The minimum Gasteiger partial charge on any atom is -0.490 e. The molecule has 59 valence electrons. The van der Waals surface area contributed by atoms with Gasteiger partial charge in [0.2, 0.25) is 0 Å². The normalized spacial score (nSPS) is 9.73. The van der Waals surface area contributed by atoms with Crippen molar-refractivity contribution in [1.82, 2.24) is 0 Å². The van der Waals surface area contributed by atoms with Gasteiger partial charge in [-0.05, 0) is 13.0 Å². The van der Waals surface area contributed by atoms with E-state index in [9.17, 15) is 8.78 Å². The zero-order valence-corrected chi connectivity index (χ0v) is 6.03. The summed E-state index contributed by atoms with van der Waals surface area (Å²) in [4.78, 5) is 0. The van der Waals surface area contributed by atoms with Crippen LogP contribution in [0.5, 0.6) is 5.75 Å². The predicted octanol–water partition coefficient (Wildman–Crippen LogP) is 2.16. The first-order chi connectivity index (χ1) is 5.24. The van der Waals surface area contributed by atoms with Crippen molar-refractivity contribution in [2.45, 2.75) is 6.92 Å². The smallest absolute Gasteiger partial charge is 0.168 e. The van der Waals surface area contributed by atoms with Crippen LogP contribution < -0.4 is 4.74 Å². The molecule has 0 aliphatic carbocycles. The van der Waals surface area contributed by atoms with Crippen molar-refractivity contribution in [3.8, 4) is 5.75 Å². The Morgan fingerprint density at radius 1 is 1.55 bits per heavy atom. The lowest BCUT2D eigenvalue weighted by molar-refractivity contribution is 0.319. The van der Waals surface area contributed by atoms with Crippen molar-refractivity contribution in [2.24, 2.45) is 0 Å². The highest BCUT2D eigenvalue weighted by molar-refractivity contribution is 5.22. The molecule has 0 aliphatic rings. The van der Waals surface area contributed by atoms with Crippen molar-refractivity contribution in [2.75, 3.05) is 6.61 Å². The Hall–Kier alpha value is -1.12. The summed E-state index contributed by atoms with van der Waals surface area (Å²) >= 11 is 0.